The monoisotopic (exact) mass is 330 g/mol. The number of carbonyl (C=O) groups is 1. The van der Waals surface area contributed by atoms with E-state index in [9.17, 15) is 4.79 Å². The maximum Gasteiger partial charge on any atom is 0.257 e. The molecular formula is C20H18N4O. The van der Waals surface area contributed by atoms with E-state index in [0.717, 1.165) is 18.4 Å². The van der Waals surface area contributed by atoms with Gasteiger partial charge in [0.2, 0.25) is 0 Å². The second-order valence-electron chi connectivity index (χ2n) is 6.28. The molecule has 0 atom stereocenters. The van der Waals surface area contributed by atoms with Crippen LogP contribution in [0.3, 0.4) is 0 Å². The summed E-state index contributed by atoms with van der Waals surface area (Å²) in [5.41, 5.74) is 4.00. The minimum Gasteiger partial charge on any atom is -0.338 e. The van der Waals surface area contributed by atoms with Crippen molar-refractivity contribution in [1.29, 1.82) is 0 Å². The van der Waals surface area contributed by atoms with Gasteiger partial charge in [-0.05, 0) is 36.1 Å². The van der Waals surface area contributed by atoms with Gasteiger partial charge in [0.1, 0.15) is 0 Å². The van der Waals surface area contributed by atoms with Crippen LogP contribution in [0.15, 0.2) is 61.2 Å². The molecule has 0 N–H and O–H groups in total. The van der Waals surface area contributed by atoms with Gasteiger partial charge in [0.05, 0.1) is 5.56 Å². The third kappa shape index (κ3) is 3.01. The van der Waals surface area contributed by atoms with Crippen LogP contribution in [-0.2, 0) is 12.8 Å². The van der Waals surface area contributed by atoms with E-state index in [1.807, 2.05) is 36.2 Å². The molecule has 4 rings (SSSR count). The van der Waals surface area contributed by atoms with Gasteiger partial charge in [0.25, 0.3) is 5.91 Å². The van der Waals surface area contributed by atoms with Gasteiger partial charge in [-0.15, -0.1) is 0 Å². The number of hydrogen-bond donors (Lipinski definition) is 0. The maximum absolute atomic E-state index is 12.8. The molecule has 0 saturated heterocycles. The quantitative estimate of drug-likeness (QED) is 0.741. The van der Waals surface area contributed by atoms with E-state index < -0.39 is 0 Å². The highest BCUT2D eigenvalue weighted by Gasteiger charge is 2.28. The first-order valence-corrected chi connectivity index (χ1v) is 8.29. The highest BCUT2D eigenvalue weighted by atomic mass is 16.2. The van der Waals surface area contributed by atoms with Crippen molar-refractivity contribution in [3.05, 3.63) is 77.9 Å². The van der Waals surface area contributed by atoms with E-state index >= 15 is 0 Å². The highest BCUT2D eigenvalue weighted by molar-refractivity contribution is 5.93. The minimum absolute atomic E-state index is 0.0458. The van der Waals surface area contributed by atoms with Crippen LogP contribution >= 0.6 is 0 Å². The SMILES string of the molecule is CN(C(=O)c1cnc(-c2cccnc2)nc1)C1Cc2ccccc2C1. The third-order valence-corrected chi connectivity index (χ3v) is 4.72. The Morgan fingerprint density at radius 2 is 1.68 bits per heavy atom. The second kappa shape index (κ2) is 6.43. The molecule has 1 aromatic carbocycles. The zero-order valence-corrected chi connectivity index (χ0v) is 14.0. The molecule has 5 heteroatoms. The molecule has 1 aliphatic rings. The molecular weight excluding hydrogens is 312 g/mol. The zero-order chi connectivity index (χ0) is 17.2. The summed E-state index contributed by atoms with van der Waals surface area (Å²) in [7, 11) is 1.86. The van der Waals surface area contributed by atoms with Crippen molar-refractivity contribution in [2.75, 3.05) is 7.05 Å². The Bertz CT molecular complexity index is 868. The molecule has 5 nitrogen and oxygen atoms in total. The molecule has 1 aliphatic carbocycles. The van der Waals surface area contributed by atoms with Crippen molar-refractivity contribution in [2.24, 2.45) is 0 Å². The molecule has 3 aromatic rings. The number of benzene rings is 1. The predicted octanol–water partition coefficient (Wildman–Crippen LogP) is 2.78. The number of hydrogen-bond acceptors (Lipinski definition) is 4. The van der Waals surface area contributed by atoms with Crippen LogP contribution < -0.4 is 0 Å². The van der Waals surface area contributed by atoms with Crippen LogP contribution in [0.2, 0.25) is 0 Å². The number of rotatable bonds is 3. The number of carbonyl (C=O) groups excluding carboxylic acids is 1. The summed E-state index contributed by atoms with van der Waals surface area (Å²) < 4.78 is 0. The molecule has 0 spiro atoms. The molecule has 0 radical (unpaired) electrons. The second-order valence-corrected chi connectivity index (χ2v) is 6.28. The van der Waals surface area contributed by atoms with Crippen LogP contribution in [-0.4, -0.2) is 38.8 Å². The first-order chi connectivity index (χ1) is 12.2. The molecule has 0 bridgehead atoms. The number of pyridine rings is 1. The Morgan fingerprint density at radius 3 is 2.28 bits per heavy atom. The number of aromatic nitrogens is 3. The molecule has 0 fully saturated rings. The summed E-state index contributed by atoms with van der Waals surface area (Å²) in [6, 6.07) is 12.3. The van der Waals surface area contributed by atoms with Gasteiger partial charge < -0.3 is 4.90 Å². The predicted molar refractivity (Wildman–Crippen MR) is 95.0 cm³/mol. The van der Waals surface area contributed by atoms with E-state index in [-0.39, 0.29) is 11.9 Å². The lowest BCUT2D eigenvalue weighted by Gasteiger charge is -2.24. The van der Waals surface area contributed by atoms with Gasteiger partial charge in [-0.25, -0.2) is 9.97 Å². The average molecular weight is 330 g/mol. The summed E-state index contributed by atoms with van der Waals surface area (Å²) in [5, 5.41) is 0. The van der Waals surface area contributed by atoms with Crippen molar-refractivity contribution >= 4 is 5.91 Å². The topological polar surface area (TPSA) is 59.0 Å². The van der Waals surface area contributed by atoms with E-state index in [4.69, 9.17) is 0 Å². The third-order valence-electron chi connectivity index (χ3n) is 4.72. The number of fused-ring (bicyclic) bond motifs is 1. The maximum atomic E-state index is 12.8. The zero-order valence-electron chi connectivity index (χ0n) is 14.0. The van der Waals surface area contributed by atoms with Gasteiger partial charge in [0.15, 0.2) is 5.82 Å². The Kier molecular flexibility index (Phi) is 3.98. The summed E-state index contributed by atoms with van der Waals surface area (Å²) in [6.07, 6.45) is 8.39. The largest absolute Gasteiger partial charge is 0.338 e. The summed E-state index contributed by atoms with van der Waals surface area (Å²) in [6.45, 7) is 0. The first-order valence-electron chi connectivity index (χ1n) is 8.29. The molecule has 2 heterocycles. The smallest absolute Gasteiger partial charge is 0.257 e. The van der Waals surface area contributed by atoms with Crippen LogP contribution in [0.4, 0.5) is 0 Å². The van der Waals surface area contributed by atoms with Crippen LogP contribution in [0.5, 0.6) is 0 Å². The lowest BCUT2D eigenvalue weighted by molar-refractivity contribution is 0.0737. The molecule has 1 amide bonds. The van der Waals surface area contributed by atoms with E-state index in [1.165, 1.54) is 11.1 Å². The van der Waals surface area contributed by atoms with Crippen molar-refractivity contribution in [3.8, 4) is 11.4 Å². The fourth-order valence-corrected chi connectivity index (χ4v) is 3.26. The fraction of sp³-hybridized carbons (Fsp3) is 0.200. The van der Waals surface area contributed by atoms with Gasteiger partial charge in [-0.2, -0.15) is 0 Å². The van der Waals surface area contributed by atoms with Crippen LogP contribution in [0.25, 0.3) is 11.4 Å². The summed E-state index contributed by atoms with van der Waals surface area (Å²) >= 11 is 0. The minimum atomic E-state index is -0.0458. The van der Waals surface area contributed by atoms with Crippen molar-refractivity contribution < 1.29 is 4.79 Å². The van der Waals surface area contributed by atoms with E-state index in [0.29, 0.717) is 11.4 Å². The fourth-order valence-electron chi connectivity index (χ4n) is 3.26. The molecule has 0 saturated carbocycles. The summed E-state index contributed by atoms with van der Waals surface area (Å²) in [4.78, 5) is 27.3. The number of amides is 1. The first kappa shape index (κ1) is 15.4. The van der Waals surface area contributed by atoms with Gasteiger partial charge in [-0.3, -0.25) is 9.78 Å². The van der Waals surface area contributed by atoms with Crippen molar-refractivity contribution in [1.82, 2.24) is 19.9 Å². The van der Waals surface area contributed by atoms with E-state index in [1.54, 1.807) is 24.8 Å². The number of likely N-dealkylation sites (N-methyl/N-ethyl adjacent to an activating group) is 1. The van der Waals surface area contributed by atoms with Crippen LogP contribution in [0, 0.1) is 0 Å². The Hall–Kier alpha value is -3.08. The molecule has 25 heavy (non-hydrogen) atoms. The molecule has 2 aromatic heterocycles. The van der Waals surface area contributed by atoms with Gasteiger partial charge in [0, 0.05) is 43.4 Å². The molecule has 0 unspecified atom stereocenters. The standard InChI is InChI=1S/C20H18N4O/c1-24(18-9-14-5-2-3-6-15(14)10-18)20(25)17-12-22-19(23-13-17)16-7-4-8-21-11-16/h2-8,11-13,18H,9-10H2,1H3. The van der Waals surface area contributed by atoms with Crippen LogP contribution in [0.1, 0.15) is 21.5 Å². The van der Waals surface area contributed by atoms with Gasteiger partial charge >= 0.3 is 0 Å². The van der Waals surface area contributed by atoms with E-state index in [2.05, 4.69) is 27.1 Å². The Balaban J connectivity index is 1.50. The average Bonchev–Trinajstić information content (AvgIpc) is 3.12. The molecule has 124 valence electrons. The lowest BCUT2D eigenvalue weighted by Crippen LogP contribution is -2.37. The Morgan fingerprint density at radius 1 is 1.00 bits per heavy atom. The normalized spacial score (nSPS) is 13.5. The van der Waals surface area contributed by atoms with Crippen molar-refractivity contribution in [3.63, 3.8) is 0 Å². The summed E-state index contributed by atoms with van der Waals surface area (Å²) in [5.74, 6) is 0.524. The number of nitrogens with zero attached hydrogens (tertiary/aromatic N) is 4. The highest BCUT2D eigenvalue weighted by Crippen LogP contribution is 2.25. The lowest BCUT2D eigenvalue weighted by atomic mass is 10.1. The van der Waals surface area contributed by atoms with Crippen molar-refractivity contribution in [2.45, 2.75) is 18.9 Å². The van der Waals surface area contributed by atoms with Gasteiger partial charge in [-0.1, -0.05) is 24.3 Å². The Labute approximate surface area is 146 Å². The molecule has 0 aliphatic heterocycles.